The fourth-order valence-electron chi connectivity index (χ4n) is 7.65. The Morgan fingerprint density at radius 3 is 2.43 bits per heavy atom. The summed E-state index contributed by atoms with van der Waals surface area (Å²) in [6.07, 6.45) is 9.59. The monoisotopic (exact) mass is 763 g/mol. The van der Waals surface area contributed by atoms with Gasteiger partial charge in [0.1, 0.15) is 12.1 Å². The lowest BCUT2D eigenvalue weighted by atomic mass is 9.91. The van der Waals surface area contributed by atoms with Crippen molar-refractivity contribution in [3.63, 3.8) is 0 Å². The van der Waals surface area contributed by atoms with Crippen LogP contribution in [0.4, 0.5) is 5.95 Å². The van der Waals surface area contributed by atoms with Gasteiger partial charge in [0.2, 0.25) is 23.7 Å². The quantitative estimate of drug-likeness (QED) is 0.205. The van der Waals surface area contributed by atoms with Gasteiger partial charge in [-0.15, -0.1) is 11.3 Å². The van der Waals surface area contributed by atoms with E-state index >= 15 is 0 Å². The fourth-order valence-corrected chi connectivity index (χ4v) is 8.90. The van der Waals surface area contributed by atoms with E-state index in [9.17, 15) is 24.0 Å². The second-order valence-corrected chi connectivity index (χ2v) is 16.0. The highest BCUT2D eigenvalue weighted by atomic mass is 35.5. The molecular weight excluding hydrogens is 722 g/mol. The minimum Gasteiger partial charge on any atom is -0.354 e. The van der Waals surface area contributed by atoms with Crippen LogP contribution in [0.1, 0.15) is 76.8 Å². The van der Waals surface area contributed by atoms with Gasteiger partial charge in [0.05, 0.1) is 47.6 Å². The first-order valence-corrected chi connectivity index (χ1v) is 19.5. The first kappa shape index (κ1) is 35.6. The van der Waals surface area contributed by atoms with Gasteiger partial charge < -0.3 is 31.5 Å². The summed E-state index contributed by atoms with van der Waals surface area (Å²) in [5.41, 5.74) is 2.79. The number of carbonyl (C=O) groups excluding carboxylic acids is 5. The van der Waals surface area contributed by atoms with Crippen LogP contribution in [0.5, 0.6) is 0 Å². The zero-order valence-electron chi connectivity index (χ0n) is 29.1. The molecule has 16 nitrogen and oxygen atoms in total. The molecule has 5 amide bonds. The molecule has 8 aliphatic rings. The Labute approximate surface area is 314 Å². The topological polar surface area (TPSA) is 204 Å². The first-order chi connectivity index (χ1) is 25.7. The van der Waals surface area contributed by atoms with Crippen LogP contribution in [-0.4, -0.2) is 98.5 Å². The largest absolute Gasteiger partial charge is 0.354 e. The standard InChI is InChI=1S/C35H42ClN11O5S/c36-24-14-41-35-43-21-5-3-20(4-6-21)39-16-29(49)38-8-7-37-15-28(48)40-12-22-10-19-17-46(34(52)31(19)53-22)26-11-27(33(51)45-32(26)50)47-25(9-18-1-2-18)23(13-42-47)30(24)44-35/h10,13-14,18,20-21,26-27,37,39H,1-9,11-12,15-17H2,(H,38,49)(H,40,48)(H,41,43,44)(H,45,50,51)/t20-,21-,26?,27?. The Hall–Kier alpha value is -4.45. The molecule has 2 unspecified atom stereocenters. The maximum Gasteiger partial charge on any atom is 0.265 e. The van der Waals surface area contributed by atoms with Crippen LogP contribution in [0.2, 0.25) is 5.02 Å². The molecule has 53 heavy (non-hydrogen) atoms. The van der Waals surface area contributed by atoms with E-state index in [-0.39, 0.29) is 62.4 Å². The highest BCUT2D eigenvalue weighted by Gasteiger charge is 2.45. The van der Waals surface area contributed by atoms with Gasteiger partial charge in [0.25, 0.3) is 11.8 Å². The summed E-state index contributed by atoms with van der Waals surface area (Å²) in [7, 11) is 0. The molecule has 0 spiro atoms. The van der Waals surface area contributed by atoms with E-state index in [4.69, 9.17) is 21.7 Å². The van der Waals surface area contributed by atoms with Crippen LogP contribution >= 0.6 is 22.9 Å². The Morgan fingerprint density at radius 1 is 0.868 bits per heavy atom. The Kier molecular flexibility index (Phi) is 10.1. The van der Waals surface area contributed by atoms with Gasteiger partial charge in [-0.05, 0) is 62.5 Å². The van der Waals surface area contributed by atoms with Gasteiger partial charge in [-0.2, -0.15) is 5.10 Å². The molecule has 11 rings (SSSR count). The molecule has 12 bridgehead atoms. The lowest BCUT2D eigenvalue weighted by Crippen LogP contribution is -2.56. The predicted octanol–water partition coefficient (Wildman–Crippen LogP) is 1.27. The number of imide groups is 1. The number of carbonyl (C=O) groups is 5. The van der Waals surface area contributed by atoms with Crippen molar-refractivity contribution in [1.82, 2.24) is 51.2 Å². The molecule has 1 saturated heterocycles. The van der Waals surface area contributed by atoms with E-state index in [2.05, 4.69) is 36.9 Å². The van der Waals surface area contributed by atoms with E-state index < -0.39 is 23.9 Å². The summed E-state index contributed by atoms with van der Waals surface area (Å²) in [5.74, 6) is -0.709. The number of rotatable bonds is 2. The molecular formula is C35H42ClN11O5S. The summed E-state index contributed by atoms with van der Waals surface area (Å²) in [5, 5.41) is 23.2. The highest BCUT2D eigenvalue weighted by Crippen LogP contribution is 2.40. The van der Waals surface area contributed by atoms with Gasteiger partial charge in [0.15, 0.2) is 0 Å². The van der Waals surface area contributed by atoms with E-state index in [1.54, 1.807) is 17.1 Å². The molecule has 3 aromatic rings. The maximum absolute atomic E-state index is 13.7. The van der Waals surface area contributed by atoms with Crippen molar-refractivity contribution in [2.45, 2.75) is 88.6 Å². The third kappa shape index (κ3) is 7.79. The molecule has 6 N–H and O–H groups in total. The lowest BCUT2D eigenvalue weighted by molar-refractivity contribution is -0.140. The number of hydrogen-bond donors (Lipinski definition) is 6. The molecule has 0 aromatic carbocycles. The normalized spacial score (nSPS) is 25.8. The molecule has 2 aliphatic carbocycles. The van der Waals surface area contributed by atoms with Crippen molar-refractivity contribution in [2.24, 2.45) is 5.92 Å². The third-order valence-electron chi connectivity index (χ3n) is 10.7. The number of hydrogen-bond acceptors (Lipinski definition) is 12. The molecule has 6 aliphatic heterocycles. The summed E-state index contributed by atoms with van der Waals surface area (Å²) in [6, 6.07) is 0.518. The zero-order chi connectivity index (χ0) is 36.6. The minimum absolute atomic E-state index is 0.0750. The second-order valence-electron chi connectivity index (χ2n) is 14.5. The Balaban J connectivity index is 1.06. The van der Waals surface area contributed by atoms with Crippen molar-refractivity contribution in [1.29, 1.82) is 0 Å². The van der Waals surface area contributed by atoms with Crippen LogP contribution in [0.15, 0.2) is 18.5 Å². The molecule has 3 fully saturated rings. The molecule has 9 heterocycles. The van der Waals surface area contributed by atoms with Gasteiger partial charge in [-0.1, -0.05) is 11.6 Å². The number of piperidine rings is 1. The predicted molar refractivity (Wildman–Crippen MR) is 195 cm³/mol. The van der Waals surface area contributed by atoms with Crippen molar-refractivity contribution < 1.29 is 24.0 Å². The third-order valence-corrected chi connectivity index (χ3v) is 12.1. The molecule has 280 valence electrons. The van der Waals surface area contributed by atoms with Crippen molar-refractivity contribution in [2.75, 3.05) is 31.5 Å². The number of aromatic nitrogens is 4. The van der Waals surface area contributed by atoms with Crippen molar-refractivity contribution in [3.05, 3.63) is 44.5 Å². The van der Waals surface area contributed by atoms with Crippen molar-refractivity contribution in [3.8, 4) is 11.3 Å². The summed E-state index contributed by atoms with van der Waals surface area (Å²) in [4.78, 5) is 77.6. The summed E-state index contributed by atoms with van der Waals surface area (Å²) in [6.45, 7) is 1.60. The van der Waals surface area contributed by atoms with Crippen LogP contribution in [0.25, 0.3) is 11.3 Å². The number of thiophene rings is 1. The SMILES string of the molecule is O=C1CNCCNC(=O)CN[C@H]2CC[C@@H](CC2)Nc2ncc(Cl)c(n2)-c2cnn(c2CC2CC2)C2CC(C(=O)NC2=O)N2Cc3cc(sc3C2=O)CN1. The number of halogens is 1. The van der Waals surface area contributed by atoms with E-state index in [0.29, 0.717) is 52.5 Å². The molecule has 3 aromatic heterocycles. The summed E-state index contributed by atoms with van der Waals surface area (Å²) >= 11 is 8.02. The average Bonchev–Trinajstić information content (AvgIpc) is 3.61. The first-order valence-electron chi connectivity index (χ1n) is 18.3. The van der Waals surface area contributed by atoms with Gasteiger partial charge >= 0.3 is 0 Å². The molecule has 0 radical (unpaired) electrons. The van der Waals surface area contributed by atoms with Gasteiger partial charge in [0, 0.05) is 54.3 Å². The molecule has 2 atom stereocenters. The summed E-state index contributed by atoms with van der Waals surface area (Å²) < 4.78 is 1.69. The van der Waals surface area contributed by atoms with Gasteiger partial charge in [-0.3, -0.25) is 34.0 Å². The smallest absolute Gasteiger partial charge is 0.265 e. The highest BCUT2D eigenvalue weighted by molar-refractivity contribution is 7.14. The molecule has 18 heteroatoms. The minimum atomic E-state index is -0.880. The number of nitrogens with zero attached hydrogens (tertiary/aromatic N) is 5. The maximum atomic E-state index is 13.7. The second kappa shape index (κ2) is 15.1. The zero-order valence-corrected chi connectivity index (χ0v) is 30.7. The van der Waals surface area contributed by atoms with Crippen LogP contribution in [0.3, 0.4) is 0 Å². The van der Waals surface area contributed by atoms with Gasteiger partial charge in [-0.25, -0.2) is 9.97 Å². The van der Waals surface area contributed by atoms with Crippen LogP contribution in [-0.2, 0) is 38.7 Å². The van der Waals surface area contributed by atoms with Crippen molar-refractivity contribution >= 4 is 58.4 Å². The lowest BCUT2D eigenvalue weighted by Gasteiger charge is -2.34. The fraction of sp³-hybridized carbons (Fsp3) is 0.543. The van der Waals surface area contributed by atoms with E-state index in [1.807, 2.05) is 6.07 Å². The number of amides is 5. The molecule has 2 saturated carbocycles. The number of anilines is 1. The van der Waals surface area contributed by atoms with E-state index in [1.165, 1.54) is 16.2 Å². The number of nitrogens with one attached hydrogen (secondary N) is 6. The Bertz CT molecular complexity index is 1940. The van der Waals surface area contributed by atoms with Crippen LogP contribution in [0, 0.1) is 5.92 Å². The van der Waals surface area contributed by atoms with Crippen LogP contribution < -0.4 is 31.9 Å². The Morgan fingerprint density at radius 2 is 1.64 bits per heavy atom. The average molecular weight is 764 g/mol. The van der Waals surface area contributed by atoms with E-state index in [0.717, 1.165) is 54.7 Å².